The molecule has 2 aliphatic rings. The zero-order chi connectivity index (χ0) is 31.8. The number of thiophene rings is 1. The second-order valence-electron chi connectivity index (χ2n) is 11.3. The molecular formula is C35H34N4O4S2. The van der Waals surface area contributed by atoms with E-state index in [0.717, 1.165) is 58.9 Å². The molecule has 3 amide bonds. The average Bonchev–Trinajstić information content (AvgIpc) is 3.52. The molecule has 2 aromatic heterocycles. The van der Waals surface area contributed by atoms with Crippen LogP contribution in [0.5, 0.6) is 5.75 Å². The average molecular weight is 639 g/mol. The van der Waals surface area contributed by atoms with Gasteiger partial charge in [0, 0.05) is 22.0 Å². The van der Waals surface area contributed by atoms with Crippen LogP contribution >= 0.6 is 23.6 Å². The Morgan fingerprint density at radius 3 is 2.47 bits per heavy atom. The molecule has 1 saturated heterocycles. The summed E-state index contributed by atoms with van der Waals surface area (Å²) in [6, 6.07) is 16.7. The van der Waals surface area contributed by atoms with Gasteiger partial charge in [0.25, 0.3) is 17.7 Å². The summed E-state index contributed by atoms with van der Waals surface area (Å²) >= 11 is 7.04. The maximum absolute atomic E-state index is 13.9. The van der Waals surface area contributed by atoms with Gasteiger partial charge in [0.2, 0.25) is 0 Å². The molecule has 8 nitrogen and oxygen atoms in total. The summed E-state index contributed by atoms with van der Waals surface area (Å²) in [4.78, 5) is 43.2. The Morgan fingerprint density at radius 2 is 1.76 bits per heavy atom. The summed E-state index contributed by atoms with van der Waals surface area (Å²) in [7, 11) is 0. The van der Waals surface area contributed by atoms with Crippen LogP contribution in [-0.2, 0) is 22.4 Å². The lowest BCUT2D eigenvalue weighted by molar-refractivity contribution is -0.122. The molecule has 0 saturated carbocycles. The van der Waals surface area contributed by atoms with Gasteiger partial charge in [-0.1, -0.05) is 17.7 Å². The van der Waals surface area contributed by atoms with Gasteiger partial charge in [-0.05, 0) is 125 Å². The Kier molecular flexibility index (Phi) is 8.44. The number of nitrogens with zero attached hydrogens (tertiary/aromatic N) is 2. The van der Waals surface area contributed by atoms with E-state index in [2.05, 4.69) is 15.2 Å². The predicted molar refractivity (Wildman–Crippen MR) is 183 cm³/mol. The Hall–Kier alpha value is -4.54. The molecule has 230 valence electrons. The largest absolute Gasteiger partial charge is 0.494 e. The third-order valence-electron chi connectivity index (χ3n) is 8.17. The summed E-state index contributed by atoms with van der Waals surface area (Å²) in [5, 5.41) is 6.64. The first-order valence-electron chi connectivity index (χ1n) is 15.0. The highest BCUT2D eigenvalue weighted by Crippen LogP contribution is 2.39. The molecule has 6 rings (SSSR count). The lowest BCUT2D eigenvalue weighted by Gasteiger charge is -2.29. The molecule has 0 radical (unpaired) electrons. The van der Waals surface area contributed by atoms with E-state index in [9.17, 15) is 14.4 Å². The molecule has 0 bridgehead atoms. The molecule has 1 aliphatic carbocycles. The second kappa shape index (κ2) is 12.5. The number of amides is 3. The zero-order valence-corrected chi connectivity index (χ0v) is 27.3. The number of aromatic nitrogens is 1. The minimum absolute atomic E-state index is 0.0187. The highest BCUT2D eigenvalue weighted by atomic mass is 32.1. The highest BCUT2D eigenvalue weighted by molar-refractivity contribution is 7.80. The number of benzene rings is 2. The van der Waals surface area contributed by atoms with Crippen molar-refractivity contribution in [3.63, 3.8) is 0 Å². The first-order chi connectivity index (χ1) is 21.7. The molecule has 0 atom stereocenters. The highest BCUT2D eigenvalue weighted by Gasteiger charge is 2.35. The SMILES string of the molecule is CCOc1ccc(N2C(=O)/C(=C/c3cc(C)n(-c4sc5c(c4C(=O)Nc4ccc(C)cc4)CCCC5)c3C)C(=O)NC2=S)cc1. The van der Waals surface area contributed by atoms with E-state index in [1.54, 1.807) is 41.7 Å². The van der Waals surface area contributed by atoms with Crippen molar-refractivity contribution in [3.8, 4) is 10.8 Å². The van der Waals surface area contributed by atoms with Crippen LogP contribution in [0.25, 0.3) is 11.1 Å². The molecule has 1 aliphatic heterocycles. The molecule has 0 spiro atoms. The van der Waals surface area contributed by atoms with E-state index in [1.807, 2.05) is 58.0 Å². The lowest BCUT2D eigenvalue weighted by atomic mass is 9.95. The Balaban J connectivity index is 1.38. The summed E-state index contributed by atoms with van der Waals surface area (Å²) in [5.74, 6) is -0.530. The standard InChI is InChI=1S/C35H34N4O4S2/c1-5-43-26-16-14-25(15-17-26)39-33(42)28(31(40)37-35(39)44)19-23-18-21(3)38(22(23)4)34-30(27-8-6-7-9-29(27)45-34)32(41)36-24-12-10-20(2)11-13-24/h10-19H,5-9H2,1-4H3,(H,36,41)(H,37,40,44)/b28-19+. The Bertz CT molecular complexity index is 1870. The van der Waals surface area contributed by atoms with E-state index < -0.39 is 11.8 Å². The van der Waals surface area contributed by atoms with Crippen LogP contribution in [0.4, 0.5) is 11.4 Å². The molecule has 0 unspecified atom stereocenters. The number of carbonyl (C=O) groups excluding carboxylic acids is 3. The second-order valence-corrected chi connectivity index (χ2v) is 12.7. The van der Waals surface area contributed by atoms with Gasteiger partial charge < -0.3 is 14.6 Å². The number of carbonyl (C=O) groups is 3. The van der Waals surface area contributed by atoms with Gasteiger partial charge in [0.05, 0.1) is 17.9 Å². The molecule has 2 aromatic carbocycles. The molecule has 3 heterocycles. The first kappa shape index (κ1) is 30.5. The van der Waals surface area contributed by atoms with Gasteiger partial charge in [-0.2, -0.15) is 0 Å². The fourth-order valence-electron chi connectivity index (χ4n) is 5.93. The van der Waals surface area contributed by atoms with Gasteiger partial charge in [-0.25, -0.2) is 0 Å². The lowest BCUT2D eigenvalue weighted by Crippen LogP contribution is -2.54. The molecular weight excluding hydrogens is 605 g/mol. The van der Waals surface area contributed by atoms with Gasteiger partial charge >= 0.3 is 0 Å². The van der Waals surface area contributed by atoms with Gasteiger partial charge in [-0.15, -0.1) is 11.3 Å². The summed E-state index contributed by atoms with van der Waals surface area (Å²) < 4.78 is 7.59. The van der Waals surface area contributed by atoms with Crippen molar-refractivity contribution in [3.05, 3.63) is 98.7 Å². The van der Waals surface area contributed by atoms with Crippen LogP contribution in [0.1, 0.15) is 63.1 Å². The number of anilines is 2. The van der Waals surface area contributed by atoms with Crippen molar-refractivity contribution in [2.24, 2.45) is 0 Å². The van der Waals surface area contributed by atoms with Crippen molar-refractivity contribution < 1.29 is 19.1 Å². The maximum Gasteiger partial charge on any atom is 0.270 e. The van der Waals surface area contributed by atoms with Crippen LogP contribution in [0, 0.1) is 20.8 Å². The van der Waals surface area contributed by atoms with E-state index in [-0.39, 0.29) is 16.6 Å². The van der Waals surface area contributed by atoms with Crippen molar-refractivity contribution in [1.82, 2.24) is 9.88 Å². The summed E-state index contributed by atoms with van der Waals surface area (Å²) in [6.07, 6.45) is 5.54. The molecule has 1 fully saturated rings. The van der Waals surface area contributed by atoms with Crippen molar-refractivity contribution in [1.29, 1.82) is 0 Å². The number of nitrogens with one attached hydrogen (secondary N) is 2. The van der Waals surface area contributed by atoms with E-state index >= 15 is 0 Å². The van der Waals surface area contributed by atoms with Crippen molar-refractivity contribution in [2.45, 2.75) is 53.4 Å². The maximum atomic E-state index is 13.9. The monoisotopic (exact) mass is 638 g/mol. The third kappa shape index (κ3) is 5.83. The number of ether oxygens (including phenoxy) is 1. The number of thiocarbonyl (C=S) groups is 1. The number of hydrogen-bond donors (Lipinski definition) is 2. The summed E-state index contributed by atoms with van der Waals surface area (Å²) in [6.45, 7) is 8.35. The van der Waals surface area contributed by atoms with E-state index in [1.165, 1.54) is 9.78 Å². The van der Waals surface area contributed by atoms with Gasteiger partial charge in [0.15, 0.2) is 5.11 Å². The number of fused-ring (bicyclic) bond motifs is 1. The van der Waals surface area contributed by atoms with E-state index in [4.69, 9.17) is 17.0 Å². The predicted octanol–water partition coefficient (Wildman–Crippen LogP) is 6.83. The topological polar surface area (TPSA) is 92.7 Å². The fourth-order valence-corrected chi connectivity index (χ4v) is 7.70. The van der Waals surface area contributed by atoms with Crippen LogP contribution < -0.4 is 20.3 Å². The summed E-state index contributed by atoms with van der Waals surface area (Å²) in [5.41, 5.74) is 6.59. The minimum Gasteiger partial charge on any atom is -0.494 e. The normalized spacial score (nSPS) is 15.7. The molecule has 45 heavy (non-hydrogen) atoms. The van der Waals surface area contributed by atoms with E-state index in [0.29, 0.717) is 29.2 Å². The van der Waals surface area contributed by atoms with Crippen LogP contribution in [0.3, 0.4) is 0 Å². The molecule has 10 heteroatoms. The quantitative estimate of drug-likeness (QED) is 0.132. The number of hydrogen-bond acceptors (Lipinski definition) is 6. The number of rotatable bonds is 7. The zero-order valence-electron chi connectivity index (χ0n) is 25.7. The Labute approximate surface area is 271 Å². The van der Waals surface area contributed by atoms with Gasteiger partial charge in [-0.3, -0.25) is 24.6 Å². The van der Waals surface area contributed by atoms with Crippen LogP contribution in [0.2, 0.25) is 0 Å². The smallest absolute Gasteiger partial charge is 0.270 e. The fraction of sp³-hybridized carbons (Fsp3) is 0.257. The van der Waals surface area contributed by atoms with Crippen molar-refractivity contribution >= 4 is 63.8 Å². The van der Waals surface area contributed by atoms with Crippen molar-refractivity contribution in [2.75, 3.05) is 16.8 Å². The third-order valence-corrected chi connectivity index (χ3v) is 9.73. The first-order valence-corrected chi connectivity index (χ1v) is 16.2. The molecule has 2 N–H and O–H groups in total. The van der Waals surface area contributed by atoms with Crippen LogP contribution in [-0.4, -0.2) is 34.0 Å². The van der Waals surface area contributed by atoms with Crippen LogP contribution in [0.15, 0.2) is 60.2 Å². The number of aryl methyl sites for hydroxylation is 3. The Morgan fingerprint density at radius 1 is 1.04 bits per heavy atom. The molecule has 4 aromatic rings. The minimum atomic E-state index is -0.554. The van der Waals surface area contributed by atoms with Gasteiger partial charge in [0.1, 0.15) is 16.3 Å².